The molecule has 1 aromatic rings. The van der Waals surface area contributed by atoms with Gasteiger partial charge in [-0.3, -0.25) is 9.59 Å². The number of carbonyl (C=O) groups is 2. The maximum atomic E-state index is 12.7. The number of hydrogen-bond donors (Lipinski definition) is 0. The summed E-state index contributed by atoms with van der Waals surface area (Å²) in [5.41, 5.74) is 0. The van der Waals surface area contributed by atoms with E-state index in [0.29, 0.717) is 44.3 Å². The van der Waals surface area contributed by atoms with Crippen molar-refractivity contribution in [2.75, 3.05) is 39.4 Å². The zero-order valence-electron chi connectivity index (χ0n) is 14.1. The van der Waals surface area contributed by atoms with Gasteiger partial charge in [0, 0.05) is 32.8 Å². The van der Waals surface area contributed by atoms with Crippen molar-refractivity contribution in [1.29, 1.82) is 0 Å². The Bertz CT molecular complexity index is 651. The third-order valence-corrected chi connectivity index (χ3v) is 4.89. The van der Waals surface area contributed by atoms with E-state index in [4.69, 9.17) is 14.2 Å². The first-order valence-electron chi connectivity index (χ1n) is 8.80. The van der Waals surface area contributed by atoms with Gasteiger partial charge < -0.3 is 24.0 Å². The molecule has 7 heteroatoms. The van der Waals surface area contributed by atoms with Crippen LogP contribution in [-0.2, 0) is 14.3 Å². The summed E-state index contributed by atoms with van der Waals surface area (Å²) in [5.74, 6) is 1.23. The maximum absolute atomic E-state index is 12.7. The van der Waals surface area contributed by atoms with Crippen LogP contribution in [0.5, 0.6) is 11.5 Å². The van der Waals surface area contributed by atoms with E-state index in [2.05, 4.69) is 0 Å². The third kappa shape index (κ3) is 3.28. The van der Waals surface area contributed by atoms with E-state index < -0.39 is 6.10 Å². The first-order chi connectivity index (χ1) is 12.2. The number of para-hydroxylation sites is 2. The summed E-state index contributed by atoms with van der Waals surface area (Å²) in [5, 5.41) is 0. The summed E-state index contributed by atoms with van der Waals surface area (Å²) in [6.07, 6.45) is 0.809. The Morgan fingerprint density at radius 1 is 0.920 bits per heavy atom. The van der Waals surface area contributed by atoms with E-state index in [9.17, 15) is 9.59 Å². The van der Waals surface area contributed by atoms with Gasteiger partial charge in [-0.1, -0.05) is 12.1 Å². The highest BCUT2D eigenvalue weighted by Crippen LogP contribution is 2.31. The zero-order chi connectivity index (χ0) is 17.2. The highest BCUT2D eigenvalue weighted by atomic mass is 16.6. The molecule has 134 valence electrons. The second-order valence-electron chi connectivity index (χ2n) is 6.52. The smallest absolute Gasteiger partial charge is 0.267 e. The lowest BCUT2D eigenvalue weighted by molar-refractivity contribution is -0.149. The van der Waals surface area contributed by atoms with Gasteiger partial charge in [0.15, 0.2) is 11.5 Å². The van der Waals surface area contributed by atoms with Crippen LogP contribution in [0.4, 0.5) is 0 Å². The van der Waals surface area contributed by atoms with Gasteiger partial charge in [0.25, 0.3) is 11.8 Å². The summed E-state index contributed by atoms with van der Waals surface area (Å²) in [7, 11) is 0. The largest absolute Gasteiger partial charge is 0.485 e. The number of carbonyl (C=O) groups excluding carboxylic acids is 2. The Hall–Kier alpha value is -2.28. The van der Waals surface area contributed by atoms with Crippen LogP contribution in [0.2, 0.25) is 0 Å². The van der Waals surface area contributed by atoms with Crippen LogP contribution < -0.4 is 9.47 Å². The van der Waals surface area contributed by atoms with Crippen molar-refractivity contribution in [2.24, 2.45) is 0 Å². The number of hydrogen-bond acceptors (Lipinski definition) is 5. The molecule has 4 rings (SSSR count). The van der Waals surface area contributed by atoms with Gasteiger partial charge in [-0.05, 0) is 25.0 Å². The van der Waals surface area contributed by atoms with Gasteiger partial charge >= 0.3 is 0 Å². The van der Waals surface area contributed by atoms with E-state index in [-0.39, 0.29) is 24.5 Å². The number of ether oxygens (including phenoxy) is 3. The Kier molecular flexibility index (Phi) is 4.48. The molecule has 2 unspecified atom stereocenters. The van der Waals surface area contributed by atoms with E-state index in [0.717, 1.165) is 12.8 Å². The number of fused-ring (bicyclic) bond motifs is 1. The molecule has 0 bridgehead atoms. The normalized spacial score (nSPS) is 25.8. The fourth-order valence-electron chi connectivity index (χ4n) is 3.47. The fourth-order valence-corrected chi connectivity index (χ4v) is 3.47. The lowest BCUT2D eigenvalue weighted by Gasteiger charge is -2.37. The molecule has 0 aromatic heterocycles. The minimum absolute atomic E-state index is 0.0516. The SMILES string of the molecule is O=C(C1CCCO1)N1CCN(C(=O)C2COc3ccccc3O2)CC1. The molecule has 2 saturated heterocycles. The topological polar surface area (TPSA) is 68.3 Å². The van der Waals surface area contributed by atoms with Gasteiger partial charge in [0.05, 0.1) is 0 Å². The van der Waals surface area contributed by atoms with Crippen molar-refractivity contribution in [3.63, 3.8) is 0 Å². The fraction of sp³-hybridized carbons (Fsp3) is 0.556. The average molecular weight is 346 g/mol. The lowest BCUT2D eigenvalue weighted by atomic mass is 10.2. The van der Waals surface area contributed by atoms with Crippen LogP contribution >= 0.6 is 0 Å². The standard InChI is InChI=1S/C18H22N2O5/c21-17(15-6-3-11-23-15)19-7-9-20(10-8-19)18(22)16-12-24-13-4-1-2-5-14(13)25-16/h1-2,4-5,15-16H,3,6-12H2. The maximum Gasteiger partial charge on any atom is 0.267 e. The summed E-state index contributed by atoms with van der Waals surface area (Å²) in [6.45, 7) is 2.97. The number of piperazine rings is 1. The van der Waals surface area contributed by atoms with Crippen molar-refractivity contribution in [3.8, 4) is 11.5 Å². The molecule has 0 N–H and O–H groups in total. The molecule has 3 heterocycles. The van der Waals surface area contributed by atoms with Crippen molar-refractivity contribution < 1.29 is 23.8 Å². The van der Waals surface area contributed by atoms with Gasteiger partial charge in [0.2, 0.25) is 6.10 Å². The second kappa shape index (κ2) is 6.92. The summed E-state index contributed by atoms with van der Waals surface area (Å²) in [4.78, 5) is 28.6. The number of rotatable bonds is 2. The first-order valence-corrected chi connectivity index (χ1v) is 8.80. The Morgan fingerprint density at radius 2 is 1.56 bits per heavy atom. The number of amides is 2. The van der Waals surface area contributed by atoms with Crippen molar-refractivity contribution in [1.82, 2.24) is 9.80 Å². The molecule has 3 aliphatic heterocycles. The van der Waals surface area contributed by atoms with E-state index in [1.807, 2.05) is 18.2 Å². The van der Waals surface area contributed by atoms with Crippen LogP contribution in [0.1, 0.15) is 12.8 Å². The number of benzene rings is 1. The van der Waals surface area contributed by atoms with Crippen LogP contribution in [0.25, 0.3) is 0 Å². The Morgan fingerprint density at radius 3 is 2.20 bits per heavy atom. The third-order valence-electron chi connectivity index (χ3n) is 4.89. The molecule has 2 fully saturated rings. The lowest BCUT2D eigenvalue weighted by Crippen LogP contribution is -2.56. The highest BCUT2D eigenvalue weighted by molar-refractivity contribution is 5.83. The molecule has 0 aliphatic carbocycles. The zero-order valence-corrected chi connectivity index (χ0v) is 14.1. The van der Waals surface area contributed by atoms with E-state index in [1.165, 1.54) is 0 Å². The second-order valence-corrected chi connectivity index (χ2v) is 6.52. The van der Waals surface area contributed by atoms with Gasteiger partial charge in [-0.15, -0.1) is 0 Å². The minimum atomic E-state index is -0.629. The molecular weight excluding hydrogens is 324 g/mol. The first kappa shape index (κ1) is 16.2. The average Bonchev–Trinajstić information content (AvgIpc) is 3.21. The van der Waals surface area contributed by atoms with Crippen LogP contribution in [-0.4, -0.2) is 73.2 Å². The monoisotopic (exact) mass is 346 g/mol. The minimum Gasteiger partial charge on any atom is -0.485 e. The molecule has 1 aromatic carbocycles. The molecule has 0 radical (unpaired) electrons. The summed E-state index contributed by atoms with van der Waals surface area (Å²) < 4.78 is 16.9. The highest BCUT2D eigenvalue weighted by Gasteiger charge is 2.35. The predicted molar refractivity (Wildman–Crippen MR) is 88.5 cm³/mol. The molecule has 2 amide bonds. The van der Waals surface area contributed by atoms with Crippen molar-refractivity contribution in [3.05, 3.63) is 24.3 Å². The van der Waals surface area contributed by atoms with E-state index >= 15 is 0 Å². The molecule has 3 aliphatic rings. The Balaban J connectivity index is 1.32. The molecule has 0 spiro atoms. The summed E-state index contributed by atoms with van der Waals surface area (Å²) in [6, 6.07) is 7.34. The Labute approximate surface area is 146 Å². The molecule has 7 nitrogen and oxygen atoms in total. The van der Waals surface area contributed by atoms with E-state index in [1.54, 1.807) is 15.9 Å². The van der Waals surface area contributed by atoms with Gasteiger partial charge in [0.1, 0.15) is 12.7 Å². The van der Waals surface area contributed by atoms with Crippen LogP contribution in [0, 0.1) is 0 Å². The molecular formula is C18H22N2O5. The quantitative estimate of drug-likeness (QED) is 0.788. The van der Waals surface area contributed by atoms with Crippen LogP contribution in [0.15, 0.2) is 24.3 Å². The molecule has 2 atom stereocenters. The van der Waals surface area contributed by atoms with Gasteiger partial charge in [-0.25, -0.2) is 0 Å². The van der Waals surface area contributed by atoms with Crippen molar-refractivity contribution in [2.45, 2.75) is 25.0 Å². The number of nitrogens with zero attached hydrogens (tertiary/aromatic N) is 2. The summed E-state index contributed by atoms with van der Waals surface area (Å²) >= 11 is 0. The van der Waals surface area contributed by atoms with Crippen LogP contribution in [0.3, 0.4) is 0 Å². The van der Waals surface area contributed by atoms with Crippen molar-refractivity contribution >= 4 is 11.8 Å². The molecule has 0 saturated carbocycles. The molecule has 25 heavy (non-hydrogen) atoms. The van der Waals surface area contributed by atoms with Gasteiger partial charge in [-0.2, -0.15) is 0 Å². The predicted octanol–water partition coefficient (Wildman–Crippen LogP) is 0.676.